The molecule has 196 valence electrons. The summed E-state index contributed by atoms with van der Waals surface area (Å²) in [5.41, 5.74) is 4.02. The highest BCUT2D eigenvalue weighted by atomic mass is 127. The lowest BCUT2D eigenvalue weighted by Crippen LogP contribution is -2.23. The first-order chi connectivity index (χ1) is 17.1. The molecular formula is C28H31Cl2IN4O2. The van der Waals surface area contributed by atoms with Gasteiger partial charge in [-0.1, -0.05) is 54.6 Å². The van der Waals surface area contributed by atoms with Crippen LogP contribution in [0.25, 0.3) is 0 Å². The zero-order valence-corrected chi connectivity index (χ0v) is 24.0. The van der Waals surface area contributed by atoms with Crippen LogP contribution in [0, 0.1) is 3.57 Å². The molecule has 1 amide bonds. The van der Waals surface area contributed by atoms with Crippen molar-refractivity contribution in [3.8, 4) is 0 Å². The lowest BCUT2D eigenvalue weighted by Gasteiger charge is -2.12. The number of anilines is 1. The molecule has 0 saturated heterocycles. The summed E-state index contributed by atoms with van der Waals surface area (Å²) in [6.07, 6.45) is 4.18. The Hall–Kier alpha value is -2.43. The van der Waals surface area contributed by atoms with E-state index in [0.29, 0.717) is 13.1 Å². The van der Waals surface area contributed by atoms with Crippen LogP contribution >= 0.6 is 47.4 Å². The zero-order chi connectivity index (χ0) is 24.5. The van der Waals surface area contributed by atoms with E-state index in [1.54, 1.807) is 6.20 Å². The van der Waals surface area contributed by atoms with Crippen molar-refractivity contribution >= 4 is 59.0 Å². The molecule has 0 aliphatic heterocycles. The van der Waals surface area contributed by atoms with E-state index in [0.717, 1.165) is 35.6 Å². The third kappa shape index (κ3) is 9.75. The largest absolute Gasteiger partial charge is 0.387 e. The maximum atomic E-state index is 12.6. The molecule has 0 unspecified atom stereocenters. The van der Waals surface area contributed by atoms with Gasteiger partial charge in [-0.2, -0.15) is 0 Å². The molecule has 1 aromatic heterocycles. The Morgan fingerprint density at radius 1 is 0.973 bits per heavy atom. The Labute approximate surface area is 243 Å². The summed E-state index contributed by atoms with van der Waals surface area (Å²) in [6, 6.07) is 25.8. The van der Waals surface area contributed by atoms with Crippen molar-refractivity contribution in [3.63, 3.8) is 0 Å². The number of nitrogens with one attached hydrogen (secondary N) is 2. The Morgan fingerprint density at radius 2 is 1.73 bits per heavy atom. The monoisotopic (exact) mass is 652 g/mol. The summed E-state index contributed by atoms with van der Waals surface area (Å²) in [5, 5.41) is 16.5. The van der Waals surface area contributed by atoms with Crippen molar-refractivity contribution in [2.45, 2.75) is 25.5 Å². The van der Waals surface area contributed by atoms with Crippen LogP contribution in [0.3, 0.4) is 0 Å². The zero-order valence-electron chi connectivity index (χ0n) is 20.2. The van der Waals surface area contributed by atoms with Gasteiger partial charge in [0.25, 0.3) is 0 Å². The number of benzene rings is 3. The minimum Gasteiger partial charge on any atom is -0.387 e. The number of nitrogens with zero attached hydrogens (tertiary/aromatic N) is 2. The van der Waals surface area contributed by atoms with Gasteiger partial charge in [0, 0.05) is 34.7 Å². The Morgan fingerprint density at radius 3 is 2.46 bits per heavy atom. The van der Waals surface area contributed by atoms with Gasteiger partial charge in [-0.25, -0.2) is 4.98 Å². The maximum Gasteiger partial charge on any atom is 0.231 e. The fourth-order valence-electron chi connectivity index (χ4n) is 3.85. The van der Waals surface area contributed by atoms with E-state index < -0.39 is 6.10 Å². The molecular weight excluding hydrogens is 622 g/mol. The Kier molecular flexibility index (Phi) is 13.1. The number of aliphatic hydroxyl groups is 1. The van der Waals surface area contributed by atoms with Gasteiger partial charge < -0.3 is 20.3 Å². The number of aromatic nitrogens is 2. The van der Waals surface area contributed by atoms with Gasteiger partial charge in [0.15, 0.2) is 0 Å². The second-order valence-corrected chi connectivity index (χ2v) is 9.65. The van der Waals surface area contributed by atoms with Crippen LogP contribution in [0.4, 0.5) is 5.69 Å². The topological polar surface area (TPSA) is 79.2 Å². The lowest BCUT2D eigenvalue weighted by atomic mass is 10.1. The van der Waals surface area contributed by atoms with Crippen molar-refractivity contribution in [2.24, 2.45) is 0 Å². The molecule has 1 atom stereocenters. The van der Waals surface area contributed by atoms with Gasteiger partial charge in [0.2, 0.25) is 5.91 Å². The highest BCUT2D eigenvalue weighted by molar-refractivity contribution is 14.1. The molecule has 4 aromatic rings. The highest BCUT2D eigenvalue weighted by Crippen LogP contribution is 2.14. The molecule has 9 heteroatoms. The van der Waals surface area contributed by atoms with Gasteiger partial charge in [0.1, 0.15) is 5.82 Å². The first-order valence-corrected chi connectivity index (χ1v) is 12.7. The van der Waals surface area contributed by atoms with E-state index in [1.807, 2.05) is 71.4 Å². The molecule has 1 heterocycles. The second-order valence-electron chi connectivity index (χ2n) is 8.40. The fourth-order valence-corrected chi connectivity index (χ4v) is 4.46. The van der Waals surface area contributed by atoms with E-state index in [-0.39, 0.29) is 37.1 Å². The van der Waals surface area contributed by atoms with Gasteiger partial charge in [-0.05, 0) is 76.5 Å². The average molecular weight is 653 g/mol. The molecule has 0 fully saturated rings. The van der Waals surface area contributed by atoms with Gasteiger partial charge in [0.05, 0.1) is 12.5 Å². The van der Waals surface area contributed by atoms with Crippen LogP contribution in [-0.2, 0) is 24.2 Å². The number of hydrogen-bond donors (Lipinski definition) is 3. The fraction of sp³-hybridized carbons (Fsp3) is 0.214. The first kappa shape index (κ1) is 30.8. The second kappa shape index (κ2) is 15.7. The molecule has 3 aromatic carbocycles. The molecule has 37 heavy (non-hydrogen) atoms. The number of carbonyl (C=O) groups is 1. The predicted molar refractivity (Wildman–Crippen MR) is 162 cm³/mol. The van der Waals surface area contributed by atoms with E-state index in [9.17, 15) is 9.90 Å². The van der Waals surface area contributed by atoms with Gasteiger partial charge in [-0.15, -0.1) is 24.8 Å². The number of halogens is 3. The van der Waals surface area contributed by atoms with E-state index in [1.165, 1.54) is 9.13 Å². The summed E-state index contributed by atoms with van der Waals surface area (Å²) in [5.74, 6) is 0.645. The lowest BCUT2D eigenvalue weighted by molar-refractivity contribution is -0.115. The normalized spacial score (nSPS) is 11.2. The molecule has 0 radical (unpaired) electrons. The highest BCUT2D eigenvalue weighted by Gasteiger charge is 2.11. The Balaban J connectivity index is 0.00000241. The van der Waals surface area contributed by atoms with Crippen molar-refractivity contribution in [2.75, 3.05) is 18.4 Å². The predicted octanol–water partition coefficient (Wildman–Crippen LogP) is 5.43. The maximum absolute atomic E-state index is 12.6. The molecule has 0 aliphatic carbocycles. The van der Waals surface area contributed by atoms with Crippen LogP contribution in [0.1, 0.15) is 28.6 Å². The van der Waals surface area contributed by atoms with Crippen molar-refractivity contribution in [3.05, 3.63) is 117 Å². The van der Waals surface area contributed by atoms with E-state index in [4.69, 9.17) is 0 Å². The molecule has 0 spiro atoms. The standard InChI is InChI=1S/C28H29IN4O2.2ClH/c29-24-8-4-5-22(17-24)20-33-16-15-31-27(33)18-28(35)32-25-11-9-21(10-12-25)13-14-30-19-26(34)23-6-2-1-3-7-23;;/h1-12,15-17,26,30,34H,13-14,18-20H2,(H,32,35);2*1H/t26-;;/m0../s1. The van der Waals surface area contributed by atoms with Gasteiger partial charge >= 0.3 is 0 Å². The van der Waals surface area contributed by atoms with Crippen LogP contribution in [0.2, 0.25) is 0 Å². The summed E-state index contributed by atoms with van der Waals surface area (Å²) in [7, 11) is 0. The van der Waals surface area contributed by atoms with Gasteiger partial charge in [-0.3, -0.25) is 4.79 Å². The number of aliphatic hydroxyl groups excluding tert-OH is 1. The summed E-state index contributed by atoms with van der Waals surface area (Å²) in [6.45, 7) is 1.96. The van der Waals surface area contributed by atoms with E-state index >= 15 is 0 Å². The molecule has 0 bridgehead atoms. The molecule has 3 N–H and O–H groups in total. The SMILES string of the molecule is Cl.Cl.O=C(Cc1nccn1Cc1cccc(I)c1)Nc1ccc(CCNC[C@H](O)c2ccccc2)cc1. The minimum absolute atomic E-state index is 0. The third-order valence-electron chi connectivity index (χ3n) is 5.71. The van der Waals surface area contributed by atoms with E-state index in [2.05, 4.69) is 56.4 Å². The number of rotatable bonds is 11. The smallest absolute Gasteiger partial charge is 0.231 e. The van der Waals surface area contributed by atoms with Crippen LogP contribution in [0.15, 0.2) is 91.3 Å². The van der Waals surface area contributed by atoms with Crippen molar-refractivity contribution in [1.82, 2.24) is 14.9 Å². The number of hydrogen-bond acceptors (Lipinski definition) is 4. The third-order valence-corrected chi connectivity index (χ3v) is 6.38. The summed E-state index contributed by atoms with van der Waals surface area (Å²) < 4.78 is 3.19. The average Bonchev–Trinajstić information content (AvgIpc) is 3.29. The number of imidazole rings is 1. The summed E-state index contributed by atoms with van der Waals surface area (Å²) >= 11 is 2.30. The van der Waals surface area contributed by atoms with Crippen LogP contribution in [-0.4, -0.2) is 33.7 Å². The molecule has 0 aliphatic rings. The molecule has 0 saturated carbocycles. The summed E-state index contributed by atoms with van der Waals surface area (Å²) in [4.78, 5) is 17.0. The van der Waals surface area contributed by atoms with Crippen LogP contribution in [0.5, 0.6) is 0 Å². The number of amides is 1. The van der Waals surface area contributed by atoms with Crippen LogP contribution < -0.4 is 10.6 Å². The number of carbonyl (C=O) groups excluding carboxylic acids is 1. The molecule has 6 nitrogen and oxygen atoms in total. The quantitative estimate of drug-likeness (QED) is 0.149. The first-order valence-electron chi connectivity index (χ1n) is 11.6. The van der Waals surface area contributed by atoms with Crippen molar-refractivity contribution in [1.29, 1.82) is 0 Å². The van der Waals surface area contributed by atoms with Crippen molar-refractivity contribution < 1.29 is 9.90 Å². The Bertz CT molecular complexity index is 1240. The minimum atomic E-state index is -0.513. The molecule has 4 rings (SSSR count).